The largest absolute Gasteiger partial charge is 0.416 e. The molecule has 184 valence electrons. The summed E-state index contributed by atoms with van der Waals surface area (Å²) in [4.78, 5) is 17.2. The topological polar surface area (TPSA) is 80.0 Å². The number of halogens is 4. The number of hydrogen-bond donors (Lipinski definition) is 3. The molecule has 1 amide bonds. The first-order chi connectivity index (χ1) is 17.2. The third-order valence-corrected chi connectivity index (χ3v) is 5.43. The predicted octanol–water partition coefficient (Wildman–Crippen LogP) is 6.40. The third kappa shape index (κ3) is 6.18. The summed E-state index contributed by atoms with van der Waals surface area (Å²) in [7, 11) is 0. The first kappa shape index (κ1) is 24.7. The lowest BCUT2D eigenvalue weighted by molar-refractivity contribution is -0.137. The molecule has 0 aliphatic heterocycles. The van der Waals surface area contributed by atoms with E-state index in [4.69, 9.17) is 5.73 Å². The number of nitrogens with zero attached hydrogens (tertiary/aromatic N) is 1. The Labute approximate surface area is 205 Å². The molecule has 5 nitrogen and oxygen atoms in total. The molecule has 1 aromatic heterocycles. The molecular formula is C27H22F4N4O. The second-order valence-corrected chi connectivity index (χ2v) is 8.03. The van der Waals surface area contributed by atoms with Crippen LogP contribution >= 0.6 is 0 Å². The van der Waals surface area contributed by atoms with Gasteiger partial charge in [0.2, 0.25) is 0 Å². The summed E-state index contributed by atoms with van der Waals surface area (Å²) < 4.78 is 52.6. The van der Waals surface area contributed by atoms with Crippen LogP contribution < -0.4 is 16.4 Å². The number of pyridine rings is 1. The van der Waals surface area contributed by atoms with E-state index in [0.29, 0.717) is 35.6 Å². The summed E-state index contributed by atoms with van der Waals surface area (Å²) in [5.74, 6) is -0.754. The second-order valence-electron chi connectivity index (χ2n) is 8.03. The number of hydrogen-bond acceptors (Lipinski definition) is 4. The summed E-state index contributed by atoms with van der Waals surface area (Å²) in [5.41, 5.74) is 7.73. The molecule has 4 rings (SSSR count). The molecule has 1 heterocycles. The number of aromatic nitrogens is 1. The Kier molecular flexibility index (Phi) is 7.19. The van der Waals surface area contributed by atoms with Gasteiger partial charge in [0.15, 0.2) is 0 Å². The van der Waals surface area contributed by atoms with Crippen molar-refractivity contribution in [1.82, 2.24) is 4.98 Å². The van der Waals surface area contributed by atoms with E-state index in [0.717, 1.165) is 35.6 Å². The number of anilines is 3. The number of nitrogens with one attached hydrogen (secondary N) is 2. The van der Waals surface area contributed by atoms with Crippen molar-refractivity contribution in [2.75, 3.05) is 22.9 Å². The molecule has 0 saturated carbocycles. The van der Waals surface area contributed by atoms with Crippen molar-refractivity contribution in [3.63, 3.8) is 0 Å². The number of nitrogens with two attached hydrogens (primary N) is 1. The molecule has 0 aliphatic carbocycles. The van der Waals surface area contributed by atoms with E-state index in [9.17, 15) is 22.4 Å². The maximum atomic E-state index is 14.0. The zero-order valence-electron chi connectivity index (χ0n) is 18.9. The number of alkyl halides is 3. The normalized spacial score (nSPS) is 11.2. The number of benzene rings is 3. The van der Waals surface area contributed by atoms with Crippen LogP contribution in [0.4, 0.5) is 34.8 Å². The van der Waals surface area contributed by atoms with E-state index in [1.807, 2.05) is 12.1 Å². The summed E-state index contributed by atoms with van der Waals surface area (Å²) in [6.45, 7) is 0.627. The van der Waals surface area contributed by atoms with Gasteiger partial charge in [-0.15, -0.1) is 0 Å². The molecule has 4 N–H and O–H groups in total. The lowest BCUT2D eigenvalue weighted by Crippen LogP contribution is -2.14. The van der Waals surface area contributed by atoms with Crippen molar-refractivity contribution < 1.29 is 22.4 Å². The van der Waals surface area contributed by atoms with Gasteiger partial charge in [-0.25, -0.2) is 9.37 Å². The zero-order chi connectivity index (χ0) is 25.7. The second kappa shape index (κ2) is 10.5. The summed E-state index contributed by atoms with van der Waals surface area (Å²) in [5, 5.41) is 5.96. The molecule has 0 aliphatic rings. The fourth-order valence-corrected chi connectivity index (χ4v) is 3.64. The van der Waals surface area contributed by atoms with Gasteiger partial charge in [-0.1, -0.05) is 24.3 Å². The smallest absolute Gasteiger partial charge is 0.385 e. The van der Waals surface area contributed by atoms with Crippen LogP contribution in [-0.4, -0.2) is 17.4 Å². The molecule has 0 atom stereocenters. The quantitative estimate of drug-likeness (QED) is 0.260. The zero-order valence-corrected chi connectivity index (χ0v) is 18.9. The summed E-state index contributed by atoms with van der Waals surface area (Å²) >= 11 is 0. The van der Waals surface area contributed by atoms with E-state index in [1.165, 1.54) is 18.2 Å². The Morgan fingerprint density at radius 1 is 0.889 bits per heavy atom. The fraction of sp³-hybridized carbons (Fsp3) is 0.111. The van der Waals surface area contributed by atoms with Crippen molar-refractivity contribution in [2.45, 2.75) is 12.6 Å². The van der Waals surface area contributed by atoms with E-state index in [1.54, 1.807) is 30.3 Å². The number of nitrogen functional groups attached to an aromatic ring is 1. The molecule has 3 aromatic carbocycles. The first-order valence-electron chi connectivity index (χ1n) is 11.0. The van der Waals surface area contributed by atoms with Crippen LogP contribution in [0.2, 0.25) is 0 Å². The average Bonchev–Trinajstić information content (AvgIpc) is 2.85. The van der Waals surface area contributed by atoms with Crippen LogP contribution in [0.1, 0.15) is 21.6 Å². The average molecular weight is 494 g/mol. The van der Waals surface area contributed by atoms with E-state index in [-0.39, 0.29) is 5.56 Å². The number of amides is 1. The Balaban J connectivity index is 1.43. The van der Waals surface area contributed by atoms with Crippen LogP contribution in [0.15, 0.2) is 84.9 Å². The van der Waals surface area contributed by atoms with Gasteiger partial charge in [-0.3, -0.25) is 4.79 Å². The molecule has 0 spiro atoms. The minimum Gasteiger partial charge on any atom is -0.385 e. The van der Waals surface area contributed by atoms with Gasteiger partial charge in [-0.2, -0.15) is 13.2 Å². The highest BCUT2D eigenvalue weighted by molar-refractivity contribution is 6.08. The molecule has 0 fully saturated rings. The van der Waals surface area contributed by atoms with Gasteiger partial charge < -0.3 is 16.4 Å². The SMILES string of the molecule is Nc1cccc(CCNc2ccc(NC(=O)c3cc(F)ccc3-c3ccc(C(F)(F)F)cc3)cc2)n1. The third-order valence-electron chi connectivity index (χ3n) is 5.43. The Hall–Kier alpha value is -4.40. The van der Waals surface area contributed by atoms with Gasteiger partial charge in [0.05, 0.1) is 11.1 Å². The Morgan fingerprint density at radius 3 is 2.25 bits per heavy atom. The predicted molar refractivity (Wildman–Crippen MR) is 132 cm³/mol. The van der Waals surface area contributed by atoms with Crippen LogP contribution in [0, 0.1) is 5.82 Å². The number of rotatable bonds is 7. The van der Waals surface area contributed by atoms with Gasteiger partial charge in [-0.05, 0) is 71.8 Å². The molecule has 0 bridgehead atoms. The summed E-state index contributed by atoms with van der Waals surface area (Å²) in [6, 6.07) is 20.4. The van der Waals surface area contributed by atoms with Crippen molar-refractivity contribution >= 4 is 23.1 Å². The minimum absolute atomic E-state index is 0.00611. The van der Waals surface area contributed by atoms with Gasteiger partial charge in [0, 0.05) is 30.0 Å². The van der Waals surface area contributed by atoms with Crippen LogP contribution in [-0.2, 0) is 12.6 Å². The van der Waals surface area contributed by atoms with Gasteiger partial charge in [0.1, 0.15) is 11.6 Å². The van der Waals surface area contributed by atoms with Crippen LogP contribution in [0.3, 0.4) is 0 Å². The lowest BCUT2D eigenvalue weighted by atomic mass is 9.97. The van der Waals surface area contributed by atoms with E-state index >= 15 is 0 Å². The van der Waals surface area contributed by atoms with Crippen molar-refractivity contribution in [3.8, 4) is 11.1 Å². The van der Waals surface area contributed by atoms with Crippen LogP contribution in [0.5, 0.6) is 0 Å². The highest BCUT2D eigenvalue weighted by Crippen LogP contribution is 2.32. The maximum Gasteiger partial charge on any atom is 0.416 e. The van der Waals surface area contributed by atoms with Crippen molar-refractivity contribution in [3.05, 3.63) is 108 Å². The molecule has 36 heavy (non-hydrogen) atoms. The van der Waals surface area contributed by atoms with Crippen molar-refractivity contribution in [1.29, 1.82) is 0 Å². The van der Waals surface area contributed by atoms with Gasteiger partial charge in [0.25, 0.3) is 5.91 Å². The first-order valence-corrected chi connectivity index (χ1v) is 11.0. The molecular weight excluding hydrogens is 472 g/mol. The highest BCUT2D eigenvalue weighted by Gasteiger charge is 2.30. The number of carbonyl (C=O) groups excluding carboxylic acids is 1. The molecule has 0 radical (unpaired) electrons. The monoisotopic (exact) mass is 494 g/mol. The van der Waals surface area contributed by atoms with Crippen LogP contribution in [0.25, 0.3) is 11.1 Å². The van der Waals surface area contributed by atoms with E-state index in [2.05, 4.69) is 15.6 Å². The lowest BCUT2D eigenvalue weighted by Gasteiger charge is -2.13. The molecule has 0 unspecified atom stereocenters. The Bertz CT molecular complexity index is 1350. The molecule has 9 heteroatoms. The number of carbonyl (C=O) groups is 1. The Morgan fingerprint density at radius 2 is 1.58 bits per heavy atom. The molecule has 0 saturated heterocycles. The minimum atomic E-state index is -4.48. The highest BCUT2D eigenvalue weighted by atomic mass is 19.4. The standard InChI is InChI=1S/C27H22F4N4O/c28-19-8-13-23(17-4-6-18(7-5-17)27(29,30)31)24(16-19)26(36)35-22-11-9-20(10-12-22)33-15-14-21-2-1-3-25(32)34-21/h1-13,16,33H,14-15H2,(H2,32,34)(H,35,36). The van der Waals surface area contributed by atoms with Gasteiger partial charge >= 0.3 is 6.18 Å². The fourth-order valence-electron chi connectivity index (χ4n) is 3.64. The molecule has 4 aromatic rings. The van der Waals surface area contributed by atoms with E-state index < -0.39 is 23.5 Å². The maximum absolute atomic E-state index is 14.0. The van der Waals surface area contributed by atoms with Crippen molar-refractivity contribution in [2.24, 2.45) is 0 Å². The summed E-state index contributed by atoms with van der Waals surface area (Å²) in [6.07, 6.45) is -3.80.